The number of methoxy groups -OCH3 is 1. The number of hydrogen-bond acceptors (Lipinski definition) is 7. The molecule has 0 heterocycles. The molecule has 0 saturated heterocycles. The highest BCUT2D eigenvalue weighted by Crippen LogP contribution is 2.41. The van der Waals surface area contributed by atoms with E-state index in [0.29, 0.717) is 30.3 Å². The van der Waals surface area contributed by atoms with E-state index in [1.165, 1.54) is 6.07 Å². The van der Waals surface area contributed by atoms with E-state index >= 15 is 0 Å². The van der Waals surface area contributed by atoms with Gasteiger partial charge in [-0.15, -0.1) is 0 Å². The number of halogens is 3. The van der Waals surface area contributed by atoms with Crippen LogP contribution in [0.5, 0.6) is 5.75 Å². The predicted octanol–water partition coefficient (Wildman–Crippen LogP) is 4.01. The summed E-state index contributed by atoms with van der Waals surface area (Å²) in [7, 11) is 1.82. The molecule has 0 aliphatic heterocycles. The van der Waals surface area contributed by atoms with E-state index in [2.05, 4.69) is 21.9 Å². The van der Waals surface area contributed by atoms with E-state index < -0.39 is 27.7 Å². The number of aliphatic carboxylic acids is 1. The van der Waals surface area contributed by atoms with E-state index in [9.17, 15) is 26.9 Å². The number of anilines is 1. The Hall–Kier alpha value is -3.34. The molecular weight excluding hydrogens is 537 g/mol. The van der Waals surface area contributed by atoms with Crippen LogP contribution in [0.15, 0.2) is 47.4 Å². The zero-order valence-electron chi connectivity index (χ0n) is 22.2. The summed E-state index contributed by atoms with van der Waals surface area (Å²) in [4.78, 5) is 11.1. The number of sulfonamides is 1. The van der Waals surface area contributed by atoms with Gasteiger partial charge in [0, 0.05) is 18.1 Å². The summed E-state index contributed by atoms with van der Waals surface area (Å²) in [6.07, 6.45) is -2.10. The molecule has 1 aliphatic carbocycles. The molecule has 1 unspecified atom stereocenters. The second-order valence-electron chi connectivity index (χ2n) is 9.57. The van der Waals surface area contributed by atoms with Crippen molar-refractivity contribution in [1.82, 2.24) is 9.62 Å². The van der Waals surface area contributed by atoms with Crippen LogP contribution in [0.4, 0.5) is 18.9 Å². The van der Waals surface area contributed by atoms with Crippen molar-refractivity contribution in [2.75, 3.05) is 33.1 Å². The van der Waals surface area contributed by atoms with E-state index in [1.807, 2.05) is 44.4 Å². The van der Waals surface area contributed by atoms with Gasteiger partial charge in [-0.05, 0) is 82.6 Å². The van der Waals surface area contributed by atoms with Gasteiger partial charge in [0.05, 0.1) is 24.4 Å². The molecule has 1 aliphatic rings. The molecule has 1 saturated carbocycles. The lowest BCUT2D eigenvalue weighted by molar-refractivity contribution is -0.192. The number of rotatable bonds is 11. The minimum atomic E-state index is -5.08. The highest BCUT2D eigenvalue weighted by molar-refractivity contribution is 7.89. The average molecular weight is 571 g/mol. The molecule has 3 N–H and O–H groups in total. The van der Waals surface area contributed by atoms with Crippen LogP contribution in [-0.2, 0) is 21.2 Å². The van der Waals surface area contributed by atoms with Crippen molar-refractivity contribution in [3.8, 4) is 11.8 Å². The summed E-state index contributed by atoms with van der Waals surface area (Å²) >= 11 is 0. The quantitative estimate of drug-likeness (QED) is 0.369. The Morgan fingerprint density at radius 3 is 2.38 bits per heavy atom. The number of nitrogens with zero attached hydrogens (tertiary/aromatic N) is 2. The lowest BCUT2D eigenvalue weighted by atomic mass is 10.1. The Kier molecular flexibility index (Phi) is 10.7. The van der Waals surface area contributed by atoms with Gasteiger partial charge < -0.3 is 20.1 Å². The standard InChI is InChI=1S/C24H32N4O3S.C2HF3O2/c1-18(28(2)3)10-13-26-22-9-8-20(17-25)15-23(22)32(29,30)27-24(11-12-24)16-19-6-5-7-21(14-19)31-4;3-2(4,5)1(6)7/h5-9,14-15,18,26-27H,10-13,16H2,1-4H3;(H,6,7). The SMILES string of the molecule is COc1cccc(CC2(NS(=O)(=O)c3cc(C#N)ccc3NCCC(C)N(C)C)CC2)c1.O=C(O)C(F)(F)F. The third kappa shape index (κ3) is 9.72. The van der Waals surface area contributed by atoms with Crippen LogP contribution in [0.3, 0.4) is 0 Å². The molecule has 0 spiro atoms. The van der Waals surface area contributed by atoms with E-state index in [1.54, 1.807) is 19.2 Å². The Morgan fingerprint density at radius 2 is 1.87 bits per heavy atom. The molecular formula is C26H33F3N4O5S. The minimum Gasteiger partial charge on any atom is -0.497 e. The van der Waals surface area contributed by atoms with Crippen LogP contribution in [0.2, 0.25) is 0 Å². The summed E-state index contributed by atoms with van der Waals surface area (Å²) in [5, 5.41) is 19.7. The Bertz CT molecular complexity index is 1290. The zero-order valence-corrected chi connectivity index (χ0v) is 23.0. The van der Waals surface area contributed by atoms with Gasteiger partial charge in [-0.1, -0.05) is 12.1 Å². The van der Waals surface area contributed by atoms with Gasteiger partial charge >= 0.3 is 12.1 Å². The van der Waals surface area contributed by atoms with Gasteiger partial charge in [0.2, 0.25) is 10.0 Å². The maximum Gasteiger partial charge on any atom is 0.490 e. The van der Waals surface area contributed by atoms with E-state index in [0.717, 1.165) is 30.6 Å². The largest absolute Gasteiger partial charge is 0.497 e. The van der Waals surface area contributed by atoms with E-state index in [4.69, 9.17) is 14.6 Å². The fourth-order valence-corrected chi connectivity index (χ4v) is 5.28. The van der Waals surface area contributed by atoms with Crippen LogP contribution in [0.1, 0.15) is 37.3 Å². The summed E-state index contributed by atoms with van der Waals surface area (Å²) in [6, 6.07) is 14.9. The molecule has 0 amide bonds. The van der Waals surface area contributed by atoms with Crippen LogP contribution < -0.4 is 14.8 Å². The molecule has 0 aromatic heterocycles. The molecule has 2 aromatic rings. The molecule has 0 bridgehead atoms. The topological polar surface area (TPSA) is 132 Å². The molecule has 2 aromatic carbocycles. The third-order valence-corrected chi connectivity index (χ3v) is 7.90. The van der Waals surface area contributed by atoms with Crippen LogP contribution >= 0.6 is 0 Å². The molecule has 0 radical (unpaired) electrons. The maximum atomic E-state index is 13.4. The van der Waals surface area contributed by atoms with Crippen LogP contribution in [0, 0.1) is 11.3 Å². The first-order valence-corrected chi connectivity index (χ1v) is 13.5. The van der Waals surface area contributed by atoms with Gasteiger partial charge in [0.1, 0.15) is 10.6 Å². The first kappa shape index (κ1) is 31.9. The highest BCUT2D eigenvalue weighted by Gasteiger charge is 2.46. The lowest BCUT2D eigenvalue weighted by Crippen LogP contribution is -2.38. The van der Waals surface area contributed by atoms with Gasteiger partial charge in [-0.2, -0.15) is 18.4 Å². The van der Waals surface area contributed by atoms with Gasteiger partial charge in [-0.3, -0.25) is 0 Å². The van der Waals surface area contributed by atoms with Gasteiger partial charge in [0.25, 0.3) is 0 Å². The molecule has 1 atom stereocenters. The summed E-state index contributed by atoms with van der Waals surface area (Å²) in [5.74, 6) is -2.01. The fraction of sp³-hybridized carbons (Fsp3) is 0.462. The predicted molar refractivity (Wildman–Crippen MR) is 140 cm³/mol. The molecule has 1 fully saturated rings. The summed E-state index contributed by atoms with van der Waals surface area (Å²) in [5.41, 5.74) is 1.34. The summed E-state index contributed by atoms with van der Waals surface area (Å²) in [6.45, 7) is 2.75. The number of carboxylic acids is 1. The molecule has 3 rings (SSSR count). The van der Waals surface area contributed by atoms with Crippen molar-refractivity contribution in [1.29, 1.82) is 5.26 Å². The lowest BCUT2D eigenvalue weighted by Gasteiger charge is -2.22. The van der Waals surface area contributed by atoms with Crippen molar-refractivity contribution >= 4 is 21.7 Å². The van der Waals surface area contributed by atoms with Crippen molar-refractivity contribution in [3.05, 3.63) is 53.6 Å². The van der Waals surface area contributed by atoms with Crippen molar-refractivity contribution < 1.29 is 36.2 Å². The smallest absolute Gasteiger partial charge is 0.490 e. The van der Waals surface area contributed by atoms with E-state index in [-0.39, 0.29) is 4.90 Å². The number of carboxylic acid groups (broad SMARTS) is 1. The monoisotopic (exact) mass is 570 g/mol. The first-order valence-electron chi connectivity index (χ1n) is 12.0. The Balaban J connectivity index is 0.000000673. The number of alkyl halides is 3. The normalized spacial score (nSPS) is 14.9. The molecule has 39 heavy (non-hydrogen) atoms. The summed E-state index contributed by atoms with van der Waals surface area (Å²) < 4.78 is 66.8. The van der Waals surface area contributed by atoms with Gasteiger partial charge in [0.15, 0.2) is 0 Å². The number of benzene rings is 2. The average Bonchev–Trinajstić information content (AvgIpc) is 3.61. The number of hydrogen-bond donors (Lipinski definition) is 3. The number of nitrogens with one attached hydrogen (secondary N) is 2. The molecule has 13 heteroatoms. The van der Waals surface area contributed by atoms with Crippen molar-refractivity contribution in [3.63, 3.8) is 0 Å². The van der Waals surface area contributed by atoms with Crippen molar-refractivity contribution in [2.45, 2.75) is 55.3 Å². The van der Waals surface area contributed by atoms with Crippen LogP contribution in [0.25, 0.3) is 0 Å². The second-order valence-corrected chi connectivity index (χ2v) is 11.2. The second kappa shape index (κ2) is 13.1. The number of carbonyl (C=O) groups is 1. The Labute approximate surface area is 226 Å². The van der Waals surface area contributed by atoms with Crippen LogP contribution in [-0.4, -0.2) is 69.9 Å². The number of nitriles is 1. The fourth-order valence-electron chi connectivity index (χ4n) is 3.61. The highest BCUT2D eigenvalue weighted by atomic mass is 32.2. The maximum absolute atomic E-state index is 13.4. The Morgan fingerprint density at radius 1 is 1.23 bits per heavy atom. The molecule has 214 valence electrons. The zero-order chi connectivity index (χ0) is 29.4. The minimum absolute atomic E-state index is 0.117. The third-order valence-electron chi connectivity index (χ3n) is 6.28. The molecule has 9 nitrogen and oxygen atoms in total. The van der Waals surface area contributed by atoms with Gasteiger partial charge in [-0.25, -0.2) is 17.9 Å². The number of ether oxygens (including phenoxy) is 1. The van der Waals surface area contributed by atoms with Crippen molar-refractivity contribution in [2.24, 2.45) is 0 Å². The first-order chi connectivity index (χ1) is 18.1.